The Balaban J connectivity index is 1.98. The predicted octanol–water partition coefficient (Wildman–Crippen LogP) is -0.137. The van der Waals surface area contributed by atoms with Crippen LogP contribution in [0.15, 0.2) is 0 Å². The minimum atomic E-state index is -0.551. The molecule has 0 aromatic carbocycles. The highest BCUT2D eigenvalue weighted by Gasteiger charge is 2.49. The highest BCUT2D eigenvalue weighted by Crippen LogP contribution is 2.37. The molecule has 4 atom stereocenters. The molecule has 2 fully saturated rings. The van der Waals surface area contributed by atoms with Gasteiger partial charge in [-0.3, -0.25) is 0 Å². The van der Waals surface area contributed by atoms with Crippen LogP contribution in [-0.2, 0) is 14.2 Å². The van der Waals surface area contributed by atoms with Crippen LogP contribution in [0.2, 0.25) is 0 Å². The zero-order valence-electron chi connectivity index (χ0n) is 9.89. The molecule has 16 heavy (non-hydrogen) atoms. The second kappa shape index (κ2) is 4.58. The molecular formula is C11H21NO4. The van der Waals surface area contributed by atoms with Crippen LogP contribution >= 0.6 is 0 Å². The molecule has 5 heteroatoms. The fourth-order valence-electron chi connectivity index (χ4n) is 2.54. The summed E-state index contributed by atoms with van der Waals surface area (Å²) < 4.78 is 17.0. The van der Waals surface area contributed by atoms with Crippen LogP contribution in [0.25, 0.3) is 0 Å². The average Bonchev–Trinajstić information content (AvgIpc) is 2.51. The Kier molecular flexibility index (Phi) is 3.51. The second-order valence-corrected chi connectivity index (χ2v) is 4.99. The lowest BCUT2D eigenvalue weighted by Crippen LogP contribution is -2.50. The Morgan fingerprint density at radius 3 is 2.94 bits per heavy atom. The summed E-state index contributed by atoms with van der Waals surface area (Å²) >= 11 is 0. The van der Waals surface area contributed by atoms with Gasteiger partial charge in [0.25, 0.3) is 0 Å². The largest absolute Gasteiger partial charge is 0.394 e. The van der Waals surface area contributed by atoms with Gasteiger partial charge in [-0.05, 0) is 20.3 Å². The second-order valence-electron chi connectivity index (χ2n) is 4.99. The van der Waals surface area contributed by atoms with Gasteiger partial charge in [0, 0.05) is 12.0 Å². The van der Waals surface area contributed by atoms with E-state index < -0.39 is 5.79 Å². The molecule has 0 aromatic rings. The summed E-state index contributed by atoms with van der Waals surface area (Å²) in [6.45, 7) is 4.80. The van der Waals surface area contributed by atoms with Gasteiger partial charge in [0.15, 0.2) is 5.79 Å². The monoisotopic (exact) mass is 231 g/mol. The minimum Gasteiger partial charge on any atom is -0.394 e. The Labute approximate surface area is 95.9 Å². The first-order valence-corrected chi connectivity index (χ1v) is 5.83. The van der Waals surface area contributed by atoms with E-state index in [1.54, 1.807) is 0 Å². The van der Waals surface area contributed by atoms with E-state index >= 15 is 0 Å². The lowest BCUT2D eigenvalue weighted by atomic mass is 10.0. The van der Waals surface area contributed by atoms with Crippen LogP contribution in [0.5, 0.6) is 0 Å². The fraction of sp³-hybridized carbons (Fsp3) is 1.00. The van der Waals surface area contributed by atoms with Crippen LogP contribution in [0, 0.1) is 5.92 Å². The standard InChI is InChI=1S/C11H21NO4/c1-11(2)15-6-7-9(14-4-3-13)5-8(12)10(7)16-11/h7-10,13H,3-6,12H2,1-2H3/t7?,8-,9+,10-/m1/s1. The number of aliphatic hydroxyl groups is 1. The highest BCUT2D eigenvalue weighted by molar-refractivity contribution is 4.98. The van der Waals surface area contributed by atoms with E-state index in [0.29, 0.717) is 13.2 Å². The van der Waals surface area contributed by atoms with Crippen molar-refractivity contribution >= 4 is 0 Å². The fourth-order valence-corrected chi connectivity index (χ4v) is 2.54. The summed E-state index contributed by atoms with van der Waals surface area (Å²) in [5, 5.41) is 8.75. The van der Waals surface area contributed by atoms with Crippen molar-refractivity contribution in [3.63, 3.8) is 0 Å². The molecule has 1 heterocycles. The summed E-state index contributed by atoms with van der Waals surface area (Å²) in [6.07, 6.45) is 0.824. The van der Waals surface area contributed by atoms with Gasteiger partial charge in [0.2, 0.25) is 0 Å². The van der Waals surface area contributed by atoms with E-state index in [0.717, 1.165) is 6.42 Å². The quantitative estimate of drug-likeness (QED) is 0.707. The molecule has 0 spiro atoms. The van der Waals surface area contributed by atoms with Crippen LogP contribution < -0.4 is 5.73 Å². The minimum absolute atomic E-state index is 0.00290. The van der Waals surface area contributed by atoms with E-state index in [2.05, 4.69) is 0 Å². The van der Waals surface area contributed by atoms with Crippen molar-refractivity contribution in [2.75, 3.05) is 19.8 Å². The maximum absolute atomic E-state index is 8.75. The molecule has 1 saturated carbocycles. The van der Waals surface area contributed by atoms with Gasteiger partial charge in [-0.1, -0.05) is 0 Å². The van der Waals surface area contributed by atoms with Crippen LogP contribution in [0.4, 0.5) is 0 Å². The maximum Gasteiger partial charge on any atom is 0.163 e. The van der Waals surface area contributed by atoms with E-state index in [9.17, 15) is 0 Å². The van der Waals surface area contributed by atoms with Gasteiger partial charge in [-0.2, -0.15) is 0 Å². The number of rotatable bonds is 3. The SMILES string of the molecule is CC1(C)OCC2[C@@H](OCCO)C[C@@H](N)[C@@H]2O1. The number of fused-ring (bicyclic) bond motifs is 1. The molecule has 1 aliphatic carbocycles. The van der Waals surface area contributed by atoms with Gasteiger partial charge in [0.1, 0.15) is 0 Å². The van der Waals surface area contributed by atoms with Gasteiger partial charge in [-0.15, -0.1) is 0 Å². The normalized spacial score (nSPS) is 42.0. The molecule has 2 aliphatic rings. The van der Waals surface area contributed by atoms with E-state index in [1.165, 1.54) is 0 Å². The maximum atomic E-state index is 8.75. The van der Waals surface area contributed by atoms with E-state index in [4.69, 9.17) is 25.1 Å². The lowest BCUT2D eigenvalue weighted by molar-refractivity contribution is -0.295. The summed E-state index contributed by atoms with van der Waals surface area (Å²) in [5.41, 5.74) is 6.05. The molecule has 0 amide bonds. The summed E-state index contributed by atoms with van der Waals surface area (Å²) in [6, 6.07) is -0.00290. The van der Waals surface area contributed by atoms with Crippen molar-refractivity contribution in [2.45, 2.75) is 44.3 Å². The van der Waals surface area contributed by atoms with E-state index in [-0.39, 0.29) is 30.8 Å². The van der Waals surface area contributed by atoms with Crippen LogP contribution in [0.1, 0.15) is 20.3 Å². The Bertz CT molecular complexity index is 246. The summed E-state index contributed by atoms with van der Waals surface area (Å²) in [7, 11) is 0. The Morgan fingerprint density at radius 2 is 2.25 bits per heavy atom. The molecule has 3 N–H and O–H groups in total. The molecule has 1 saturated heterocycles. The number of nitrogens with two attached hydrogens (primary N) is 1. The number of hydrogen-bond donors (Lipinski definition) is 2. The average molecular weight is 231 g/mol. The molecule has 5 nitrogen and oxygen atoms in total. The topological polar surface area (TPSA) is 73.9 Å². The molecule has 0 aromatic heterocycles. The first kappa shape index (κ1) is 12.3. The van der Waals surface area contributed by atoms with Gasteiger partial charge in [-0.25, -0.2) is 0 Å². The van der Waals surface area contributed by atoms with Crippen molar-refractivity contribution in [1.29, 1.82) is 0 Å². The van der Waals surface area contributed by atoms with Gasteiger partial charge in [0.05, 0.1) is 32.0 Å². The van der Waals surface area contributed by atoms with Gasteiger partial charge >= 0.3 is 0 Å². The third-order valence-electron chi connectivity index (χ3n) is 3.29. The molecule has 0 radical (unpaired) electrons. The smallest absolute Gasteiger partial charge is 0.163 e. The van der Waals surface area contributed by atoms with Crippen molar-refractivity contribution in [1.82, 2.24) is 0 Å². The predicted molar refractivity (Wildman–Crippen MR) is 57.8 cm³/mol. The van der Waals surface area contributed by atoms with Crippen molar-refractivity contribution in [3.8, 4) is 0 Å². The lowest BCUT2D eigenvalue weighted by Gasteiger charge is -2.40. The van der Waals surface area contributed by atoms with Crippen molar-refractivity contribution in [3.05, 3.63) is 0 Å². The van der Waals surface area contributed by atoms with Crippen molar-refractivity contribution in [2.24, 2.45) is 11.7 Å². The first-order valence-electron chi connectivity index (χ1n) is 5.83. The van der Waals surface area contributed by atoms with Gasteiger partial charge < -0.3 is 25.1 Å². The molecule has 94 valence electrons. The first-order chi connectivity index (χ1) is 7.53. The van der Waals surface area contributed by atoms with Crippen LogP contribution in [-0.4, -0.2) is 49.0 Å². The number of hydrogen-bond acceptors (Lipinski definition) is 5. The molecular weight excluding hydrogens is 210 g/mol. The zero-order valence-corrected chi connectivity index (χ0v) is 9.89. The van der Waals surface area contributed by atoms with Crippen molar-refractivity contribution < 1.29 is 19.3 Å². The molecule has 1 aliphatic heterocycles. The highest BCUT2D eigenvalue weighted by atomic mass is 16.7. The third kappa shape index (κ3) is 2.38. The Morgan fingerprint density at radius 1 is 1.50 bits per heavy atom. The number of aliphatic hydroxyl groups excluding tert-OH is 1. The van der Waals surface area contributed by atoms with E-state index in [1.807, 2.05) is 13.8 Å². The molecule has 1 unspecified atom stereocenters. The number of ether oxygens (including phenoxy) is 3. The summed E-state index contributed by atoms with van der Waals surface area (Å²) in [4.78, 5) is 0. The Hall–Kier alpha value is -0.200. The molecule has 0 bridgehead atoms. The zero-order chi connectivity index (χ0) is 11.8. The van der Waals surface area contributed by atoms with Crippen LogP contribution in [0.3, 0.4) is 0 Å². The summed E-state index contributed by atoms with van der Waals surface area (Å²) in [5.74, 6) is -0.362. The molecule has 2 rings (SSSR count). The third-order valence-corrected chi connectivity index (χ3v) is 3.29.